The van der Waals surface area contributed by atoms with Crippen LogP contribution in [0.3, 0.4) is 0 Å². The molecule has 0 aliphatic rings. The van der Waals surface area contributed by atoms with Crippen LogP contribution in [0, 0.1) is 13.8 Å². The number of primary sulfonamides is 1. The number of guanidine groups is 1. The van der Waals surface area contributed by atoms with Crippen LogP contribution in [0.25, 0.3) is 0 Å². The predicted octanol–water partition coefficient (Wildman–Crippen LogP) is 0.804. The fraction of sp³-hybridized carbons (Fsp3) is 0.333. The molecule has 0 bridgehead atoms. The second-order valence-electron chi connectivity index (χ2n) is 5.22. The summed E-state index contributed by atoms with van der Waals surface area (Å²) in [6.45, 7) is 4.53. The Kier molecular flexibility index (Phi) is 5.58. The zero-order valence-corrected chi connectivity index (χ0v) is 14.6. The van der Waals surface area contributed by atoms with Gasteiger partial charge in [-0.05, 0) is 31.5 Å². The molecular weight excluding hydrogens is 330 g/mol. The molecule has 0 aliphatic heterocycles. The maximum absolute atomic E-state index is 11.4. The van der Waals surface area contributed by atoms with E-state index in [9.17, 15) is 8.42 Å². The number of nitrogens with zero attached hydrogens (tertiary/aromatic N) is 2. The van der Waals surface area contributed by atoms with Gasteiger partial charge in [0, 0.05) is 13.6 Å². The number of sulfonamides is 1. The Balaban J connectivity index is 1.94. The third-order valence-electron chi connectivity index (χ3n) is 3.39. The summed E-state index contributed by atoms with van der Waals surface area (Å²) in [7, 11) is -2.07. The predicted molar refractivity (Wildman–Crippen MR) is 90.8 cm³/mol. The Hall–Kier alpha value is -2.39. The maximum atomic E-state index is 11.4. The van der Waals surface area contributed by atoms with E-state index < -0.39 is 10.0 Å². The van der Waals surface area contributed by atoms with E-state index in [1.54, 1.807) is 19.2 Å². The van der Waals surface area contributed by atoms with E-state index in [0.717, 1.165) is 17.0 Å². The van der Waals surface area contributed by atoms with Crippen molar-refractivity contribution < 1.29 is 12.8 Å². The van der Waals surface area contributed by atoms with Crippen LogP contribution in [-0.2, 0) is 23.1 Å². The van der Waals surface area contributed by atoms with E-state index in [1.165, 1.54) is 12.1 Å². The number of aromatic nitrogens is 1. The molecule has 0 fully saturated rings. The zero-order chi connectivity index (χ0) is 17.7. The number of oxazole rings is 1. The van der Waals surface area contributed by atoms with E-state index in [1.807, 2.05) is 13.8 Å². The van der Waals surface area contributed by atoms with Gasteiger partial charge in [0.2, 0.25) is 15.9 Å². The van der Waals surface area contributed by atoms with Gasteiger partial charge in [-0.3, -0.25) is 4.99 Å². The van der Waals surface area contributed by atoms with Gasteiger partial charge in [0.1, 0.15) is 5.76 Å². The summed E-state index contributed by atoms with van der Waals surface area (Å²) in [5, 5.41) is 11.3. The Labute approximate surface area is 141 Å². The van der Waals surface area contributed by atoms with E-state index in [0.29, 0.717) is 24.9 Å². The lowest BCUT2D eigenvalue weighted by atomic mass is 10.2. The van der Waals surface area contributed by atoms with Crippen LogP contribution < -0.4 is 15.8 Å². The number of nitrogens with two attached hydrogens (primary N) is 1. The molecule has 0 unspecified atom stereocenters. The lowest BCUT2D eigenvalue weighted by Gasteiger charge is -2.11. The first kappa shape index (κ1) is 18.0. The molecule has 24 heavy (non-hydrogen) atoms. The molecule has 0 aliphatic carbocycles. The number of hydrogen-bond acceptors (Lipinski definition) is 5. The molecule has 0 saturated carbocycles. The van der Waals surface area contributed by atoms with Gasteiger partial charge in [-0.15, -0.1) is 0 Å². The van der Waals surface area contributed by atoms with Gasteiger partial charge in [-0.1, -0.05) is 12.1 Å². The third kappa shape index (κ3) is 4.80. The zero-order valence-electron chi connectivity index (χ0n) is 13.8. The Morgan fingerprint density at radius 1 is 1.29 bits per heavy atom. The summed E-state index contributed by atoms with van der Waals surface area (Å²) in [6.07, 6.45) is 0. The van der Waals surface area contributed by atoms with Crippen LogP contribution in [-0.4, -0.2) is 26.4 Å². The van der Waals surface area contributed by atoms with Crippen molar-refractivity contribution in [3.05, 3.63) is 47.2 Å². The summed E-state index contributed by atoms with van der Waals surface area (Å²) >= 11 is 0. The molecule has 1 heterocycles. The molecule has 130 valence electrons. The molecule has 0 radical (unpaired) electrons. The smallest absolute Gasteiger partial charge is 0.238 e. The number of rotatable bonds is 5. The first-order valence-corrected chi connectivity index (χ1v) is 8.83. The number of hydrogen-bond donors (Lipinski definition) is 3. The lowest BCUT2D eigenvalue weighted by Crippen LogP contribution is -2.36. The molecule has 0 atom stereocenters. The van der Waals surface area contributed by atoms with Gasteiger partial charge in [0.05, 0.1) is 17.1 Å². The van der Waals surface area contributed by atoms with Crippen LogP contribution >= 0.6 is 0 Å². The van der Waals surface area contributed by atoms with Gasteiger partial charge < -0.3 is 15.1 Å². The summed E-state index contributed by atoms with van der Waals surface area (Å²) in [5.41, 5.74) is 1.63. The number of aryl methyl sites for hydroxylation is 2. The minimum Gasteiger partial charge on any atom is -0.444 e. The Morgan fingerprint density at radius 2 is 2.00 bits per heavy atom. The first-order valence-electron chi connectivity index (χ1n) is 7.29. The second-order valence-corrected chi connectivity index (χ2v) is 6.78. The molecule has 0 spiro atoms. The van der Waals surface area contributed by atoms with Crippen LogP contribution in [0.15, 0.2) is 38.6 Å². The van der Waals surface area contributed by atoms with Crippen molar-refractivity contribution in [2.45, 2.75) is 31.8 Å². The molecule has 1 aromatic heterocycles. The van der Waals surface area contributed by atoms with Crippen LogP contribution in [0.5, 0.6) is 0 Å². The Bertz CT molecular complexity index is 823. The molecule has 9 heteroatoms. The normalized spacial score (nSPS) is 12.2. The van der Waals surface area contributed by atoms with Gasteiger partial charge in [-0.25, -0.2) is 18.5 Å². The van der Waals surface area contributed by atoms with Crippen molar-refractivity contribution in [2.24, 2.45) is 10.1 Å². The van der Waals surface area contributed by atoms with Gasteiger partial charge in [0.25, 0.3) is 0 Å². The minimum atomic E-state index is -3.71. The molecule has 2 aromatic rings. The average molecular weight is 351 g/mol. The summed E-state index contributed by atoms with van der Waals surface area (Å²) in [6, 6.07) is 6.43. The quantitative estimate of drug-likeness (QED) is 0.541. The largest absolute Gasteiger partial charge is 0.444 e. The standard InChI is InChI=1S/C15H21N5O3S/c1-10-11(2)23-14(20-10)9-19-15(17-3)18-8-12-5-4-6-13(7-12)24(16,21)22/h4-7H,8-9H2,1-3H3,(H2,16,21,22)(H2,17,18,19). The highest BCUT2D eigenvalue weighted by Crippen LogP contribution is 2.10. The van der Waals surface area contributed by atoms with Gasteiger partial charge >= 0.3 is 0 Å². The molecular formula is C15H21N5O3S. The molecule has 2 rings (SSSR count). The highest BCUT2D eigenvalue weighted by atomic mass is 32.2. The fourth-order valence-corrected chi connectivity index (χ4v) is 2.60. The molecule has 0 saturated heterocycles. The summed E-state index contributed by atoms with van der Waals surface area (Å²) in [5.74, 6) is 1.91. The van der Waals surface area contributed by atoms with Crippen molar-refractivity contribution in [1.82, 2.24) is 15.6 Å². The summed E-state index contributed by atoms with van der Waals surface area (Å²) < 4.78 is 28.2. The van der Waals surface area contributed by atoms with Crippen LogP contribution in [0.4, 0.5) is 0 Å². The average Bonchev–Trinajstić information content (AvgIpc) is 2.85. The molecule has 1 aromatic carbocycles. The number of aliphatic imine (C=N–C) groups is 1. The van der Waals surface area contributed by atoms with Gasteiger partial charge in [-0.2, -0.15) is 0 Å². The number of benzene rings is 1. The van der Waals surface area contributed by atoms with E-state index in [-0.39, 0.29) is 4.90 Å². The van der Waals surface area contributed by atoms with Gasteiger partial charge in [0.15, 0.2) is 5.96 Å². The van der Waals surface area contributed by atoms with Crippen molar-refractivity contribution >= 4 is 16.0 Å². The molecule has 4 N–H and O–H groups in total. The van der Waals surface area contributed by atoms with Crippen molar-refractivity contribution in [1.29, 1.82) is 0 Å². The highest BCUT2D eigenvalue weighted by molar-refractivity contribution is 7.89. The van der Waals surface area contributed by atoms with Crippen LogP contribution in [0.2, 0.25) is 0 Å². The van der Waals surface area contributed by atoms with E-state index >= 15 is 0 Å². The monoisotopic (exact) mass is 351 g/mol. The highest BCUT2D eigenvalue weighted by Gasteiger charge is 2.09. The van der Waals surface area contributed by atoms with E-state index in [4.69, 9.17) is 9.56 Å². The SMILES string of the molecule is CN=C(NCc1cccc(S(N)(=O)=O)c1)NCc1nc(C)c(C)o1. The van der Waals surface area contributed by atoms with Crippen molar-refractivity contribution in [2.75, 3.05) is 7.05 Å². The Morgan fingerprint density at radius 3 is 2.58 bits per heavy atom. The van der Waals surface area contributed by atoms with Crippen molar-refractivity contribution in [3.8, 4) is 0 Å². The number of nitrogens with one attached hydrogen (secondary N) is 2. The first-order chi connectivity index (χ1) is 11.3. The topological polar surface area (TPSA) is 123 Å². The fourth-order valence-electron chi connectivity index (χ4n) is 2.01. The molecule has 8 nitrogen and oxygen atoms in total. The lowest BCUT2D eigenvalue weighted by molar-refractivity contribution is 0.463. The summed E-state index contributed by atoms with van der Waals surface area (Å²) in [4.78, 5) is 8.46. The van der Waals surface area contributed by atoms with Crippen LogP contribution in [0.1, 0.15) is 22.9 Å². The van der Waals surface area contributed by atoms with Crippen molar-refractivity contribution in [3.63, 3.8) is 0 Å². The third-order valence-corrected chi connectivity index (χ3v) is 4.30. The minimum absolute atomic E-state index is 0.0792. The van der Waals surface area contributed by atoms with E-state index in [2.05, 4.69) is 20.6 Å². The second kappa shape index (κ2) is 7.45. The molecule has 0 amide bonds. The maximum Gasteiger partial charge on any atom is 0.238 e.